The summed E-state index contributed by atoms with van der Waals surface area (Å²) >= 11 is 0. The minimum atomic E-state index is 0.429. The van der Waals surface area contributed by atoms with Gasteiger partial charge in [-0.3, -0.25) is 0 Å². The monoisotopic (exact) mass is 563 g/mol. The van der Waals surface area contributed by atoms with E-state index in [9.17, 15) is 0 Å². The minimum Gasteiger partial charge on any atom is -0.310 e. The first-order valence-electron chi connectivity index (χ1n) is 15.3. The van der Waals surface area contributed by atoms with Gasteiger partial charge in [-0.1, -0.05) is 127 Å². The van der Waals surface area contributed by atoms with Gasteiger partial charge in [0, 0.05) is 38.9 Å². The van der Waals surface area contributed by atoms with E-state index in [1.165, 1.54) is 32.6 Å². The van der Waals surface area contributed by atoms with Crippen LogP contribution in [0.3, 0.4) is 0 Å². The highest BCUT2D eigenvalue weighted by Crippen LogP contribution is 2.41. The minimum absolute atomic E-state index is 0.429. The fourth-order valence-electron chi connectivity index (χ4n) is 7.19. The Kier molecular flexibility index (Phi) is 5.70. The van der Waals surface area contributed by atoms with Crippen molar-refractivity contribution in [2.24, 2.45) is 5.92 Å². The third-order valence-electron chi connectivity index (χ3n) is 9.23. The van der Waals surface area contributed by atoms with Crippen LogP contribution >= 0.6 is 0 Å². The van der Waals surface area contributed by atoms with Crippen LogP contribution in [0, 0.1) is 5.92 Å². The number of rotatable bonds is 4. The lowest BCUT2D eigenvalue weighted by Gasteiger charge is -2.17. The molecule has 3 heteroatoms. The van der Waals surface area contributed by atoms with Gasteiger partial charge in [-0.25, -0.2) is 9.97 Å². The first kappa shape index (κ1) is 25.0. The quantitative estimate of drug-likeness (QED) is 0.218. The Hall–Kier alpha value is -5.54. The number of hydrogen-bond donors (Lipinski definition) is 0. The molecule has 9 rings (SSSR count). The molecule has 2 atom stereocenters. The number of benzene rings is 5. The molecule has 2 aliphatic carbocycles. The molecule has 7 aromatic rings. The van der Waals surface area contributed by atoms with Crippen LogP contribution in [0.25, 0.3) is 62.6 Å². The van der Waals surface area contributed by atoms with Crippen molar-refractivity contribution < 1.29 is 0 Å². The van der Waals surface area contributed by atoms with E-state index in [0.717, 1.165) is 46.0 Å². The molecule has 0 N–H and O–H groups in total. The second kappa shape index (κ2) is 10.0. The fraction of sp³-hybridized carbons (Fsp3) is 0.0732. The van der Waals surface area contributed by atoms with E-state index >= 15 is 0 Å². The van der Waals surface area contributed by atoms with Gasteiger partial charge in [-0.2, -0.15) is 0 Å². The lowest BCUT2D eigenvalue weighted by Crippen LogP contribution is -2.34. The summed E-state index contributed by atoms with van der Waals surface area (Å²) < 4.78 is 2.45. The van der Waals surface area contributed by atoms with E-state index in [1.807, 2.05) is 24.3 Å². The third-order valence-corrected chi connectivity index (χ3v) is 9.23. The SMILES string of the molecule is C1=c2c(n(-c3cccc(-c4cc(-c5ccccc5)nc(-c5ccccc5)n4)c3)c3ccccc23)=CC2Cc3ccccc3C12. The largest absolute Gasteiger partial charge is 0.310 e. The Bertz CT molecular complexity index is 2260. The van der Waals surface area contributed by atoms with E-state index in [1.54, 1.807) is 0 Å². The second-order valence-electron chi connectivity index (χ2n) is 11.8. The maximum atomic E-state index is 5.10. The Morgan fingerprint density at radius 3 is 2.09 bits per heavy atom. The van der Waals surface area contributed by atoms with Gasteiger partial charge in [0.15, 0.2) is 5.82 Å². The zero-order valence-electron chi connectivity index (χ0n) is 24.1. The molecule has 2 heterocycles. The van der Waals surface area contributed by atoms with Gasteiger partial charge in [0.05, 0.1) is 22.3 Å². The fourth-order valence-corrected chi connectivity index (χ4v) is 7.19. The van der Waals surface area contributed by atoms with Crippen molar-refractivity contribution in [2.75, 3.05) is 0 Å². The summed E-state index contributed by atoms with van der Waals surface area (Å²) in [4.78, 5) is 10.1. The first-order valence-corrected chi connectivity index (χ1v) is 15.3. The van der Waals surface area contributed by atoms with E-state index in [-0.39, 0.29) is 0 Å². The lowest BCUT2D eigenvalue weighted by molar-refractivity contribution is 0.683. The van der Waals surface area contributed by atoms with Crippen molar-refractivity contribution in [2.45, 2.75) is 12.3 Å². The van der Waals surface area contributed by atoms with Gasteiger partial charge in [0.2, 0.25) is 0 Å². The molecule has 0 saturated heterocycles. The molecular weight excluding hydrogens is 534 g/mol. The van der Waals surface area contributed by atoms with Crippen LogP contribution in [0.15, 0.2) is 140 Å². The third kappa shape index (κ3) is 4.05. The van der Waals surface area contributed by atoms with E-state index in [4.69, 9.17) is 9.97 Å². The van der Waals surface area contributed by atoms with Crippen molar-refractivity contribution in [3.63, 3.8) is 0 Å². The average molecular weight is 564 g/mol. The van der Waals surface area contributed by atoms with Crippen molar-refractivity contribution >= 4 is 23.1 Å². The van der Waals surface area contributed by atoms with Gasteiger partial charge in [-0.05, 0) is 47.7 Å². The molecule has 2 aromatic heterocycles. The predicted octanol–water partition coefficient (Wildman–Crippen LogP) is 7.95. The number of para-hydroxylation sites is 1. The molecular formula is C41H29N3. The predicted molar refractivity (Wildman–Crippen MR) is 180 cm³/mol. The molecule has 5 aromatic carbocycles. The van der Waals surface area contributed by atoms with Crippen LogP contribution in [0.1, 0.15) is 17.0 Å². The Morgan fingerprint density at radius 1 is 0.568 bits per heavy atom. The van der Waals surface area contributed by atoms with Crippen molar-refractivity contribution in [3.05, 3.63) is 161 Å². The molecule has 3 nitrogen and oxygen atoms in total. The Balaban J connectivity index is 1.23. The molecule has 2 aliphatic rings. The Morgan fingerprint density at radius 2 is 1.25 bits per heavy atom. The number of hydrogen-bond acceptors (Lipinski definition) is 2. The number of fused-ring (bicyclic) bond motifs is 6. The van der Waals surface area contributed by atoms with Crippen molar-refractivity contribution in [1.29, 1.82) is 0 Å². The Labute approximate surface area is 256 Å². The molecule has 208 valence electrons. The summed E-state index contributed by atoms with van der Waals surface area (Å²) in [5, 5.41) is 3.92. The summed E-state index contributed by atoms with van der Waals surface area (Å²) in [5.41, 5.74) is 10.3. The van der Waals surface area contributed by atoms with Gasteiger partial charge >= 0.3 is 0 Å². The zero-order chi connectivity index (χ0) is 29.0. The van der Waals surface area contributed by atoms with Crippen LogP contribution in [-0.4, -0.2) is 14.5 Å². The second-order valence-corrected chi connectivity index (χ2v) is 11.8. The van der Waals surface area contributed by atoms with E-state index in [2.05, 4.69) is 132 Å². The molecule has 0 fully saturated rings. The van der Waals surface area contributed by atoms with Crippen molar-refractivity contribution in [1.82, 2.24) is 14.5 Å². The molecule has 0 radical (unpaired) electrons. The highest BCUT2D eigenvalue weighted by Gasteiger charge is 2.32. The maximum absolute atomic E-state index is 5.10. The number of aromatic nitrogens is 3. The summed E-state index contributed by atoms with van der Waals surface area (Å²) in [6, 6.07) is 49.3. The van der Waals surface area contributed by atoms with Gasteiger partial charge in [0.1, 0.15) is 0 Å². The van der Waals surface area contributed by atoms with Crippen LogP contribution in [0.5, 0.6) is 0 Å². The lowest BCUT2D eigenvalue weighted by atomic mass is 9.88. The molecule has 44 heavy (non-hydrogen) atoms. The molecule has 0 bridgehead atoms. The van der Waals surface area contributed by atoms with E-state index in [0.29, 0.717) is 11.8 Å². The number of nitrogens with zero attached hydrogens (tertiary/aromatic N) is 3. The van der Waals surface area contributed by atoms with Crippen LogP contribution in [0.4, 0.5) is 0 Å². The maximum Gasteiger partial charge on any atom is 0.160 e. The normalized spacial score (nSPS) is 16.5. The summed E-state index contributed by atoms with van der Waals surface area (Å²) in [6.45, 7) is 0. The molecule has 0 saturated carbocycles. The van der Waals surface area contributed by atoms with Crippen LogP contribution < -0.4 is 10.6 Å². The highest BCUT2D eigenvalue weighted by molar-refractivity contribution is 5.86. The van der Waals surface area contributed by atoms with Gasteiger partial charge < -0.3 is 4.57 Å². The van der Waals surface area contributed by atoms with Crippen molar-refractivity contribution in [3.8, 4) is 39.6 Å². The first-order chi connectivity index (χ1) is 21.8. The van der Waals surface area contributed by atoms with Crippen LogP contribution in [-0.2, 0) is 6.42 Å². The van der Waals surface area contributed by atoms with E-state index < -0.39 is 0 Å². The summed E-state index contributed by atoms with van der Waals surface area (Å²) in [7, 11) is 0. The highest BCUT2D eigenvalue weighted by atomic mass is 15.0. The summed E-state index contributed by atoms with van der Waals surface area (Å²) in [5.74, 6) is 1.62. The standard InChI is InChI=1S/C41H29N3/c1-3-12-27(13-4-1)37-26-38(43-41(42-37)28-14-5-2-6-15-28)30-17-11-18-32(23-30)44-39-21-10-9-20-34(39)36-25-35-31(24-40(36)44)22-29-16-7-8-19-33(29)35/h1-21,23-26,31,35H,22H2. The van der Waals surface area contributed by atoms with Gasteiger partial charge in [-0.15, -0.1) is 0 Å². The molecule has 0 aliphatic heterocycles. The zero-order valence-corrected chi connectivity index (χ0v) is 24.1. The van der Waals surface area contributed by atoms with Crippen LogP contribution in [0.2, 0.25) is 0 Å². The smallest absolute Gasteiger partial charge is 0.160 e. The molecule has 0 spiro atoms. The average Bonchev–Trinajstić information content (AvgIpc) is 3.62. The molecule has 0 amide bonds. The summed E-state index contributed by atoms with van der Waals surface area (Å²) in [6.07, 6.45) is 6.14. The topological polar surface area (TPSA) is 30.7 Å². The van der Waals surface area contributed by atoms with Gasteiger partial charge in [0.25, 0.3) is 0 Å². The molecule has 2 unspecified atom stereocenters.